The van der Waals surface area contributed by atoms with Crippen LogP contribution in [-0.2, 0) is 6.54 Å². The number of hydrogen-bond acceptors (Lipinski definition) is 4. The second kappa shape index (κ2) is 6.31. The van der Waals surface area contributed by atoms with Crippen LogP contribution in [0.5, 0.6) is 5.75 Å². The molecule has 0 unspecified atom stereocenters. The number of carbonyl (C=O) groups is 1. The summed E-state index contributed by atoms with van der Waals surface area (Å²) in [6, 6.07) is 9.14. The molecule has 5 nitrogen and oxygen atoms in total. The summed E-state index contributed by atoms with van der Waals surface area (Å²) in [5, 5.41) is 11.8. The Labute approximate surface area is 138 Å². The van der Waals surface area contributed by atoms with Gasteiger partial charge in [0, 0.05) is 6.54 Å². The zero-order valence-corrected chi connectivity index (χ0v) is 12.5. The fourth-order valence-electron chi connectivity index (χ4n) is 2.30. The molecule has 0 fully saturated rings. The molecule has 2 aromatic carbocycles. The molecule has 0 atom stereocenters. The van der Waals surface area contributed by atoms with Gasteiger partial charge in [-0.2, -0.15) is 4.39 Å². The molecule has 0 radical (unpaired) electrons. The number of rotatable bonds is 3. The number of nitrogens with one attached hydrogen (secondary N) is 1. The standard InChI is InChI=1S/C17H10F3NO4/c18-10-6-9-14(22)11(17(24)25-15(9)13(20)12(10)19)16(23)21-7-8-4-2-1-3-5-8/h1-6,22H,7H2,(H,21,23). The third-order valence-electron chi connectivity index (χ3n) is 3.53. The molecule has 0 aliphatic rings. The van der Waals surface area contributed by atoms with Crippen molar-refractivity contribution in [2.24, 2.45) is 0 Å². The number of amides is 1. The Hall–Kier alpha value is -3.29. The molecule has 0 saturated carbocycles. The Morgan fingerprint density at radius 1 is 1.12 bits per heavy atom. The second-order valence-corrected chi connectivity index (χ2v) is 5.14. The van der Waals surface area contributed by atoms with E-state index in [1.165, 1.54) is 0 Å². The highest BCUT2D eigenvalue weighted by Crippen LogP contribution is 2.30. The fourth-order valence-corrected chi connectivity index (χ4v) is 2.30. The van der Waals surface area contributed by atoms with Gasteiger partial charge in [-0.05, 0) is 11.6 Å². The zero-order valence-electron chi connectivity index (χ0n) is 12.5. The van der Waals surface area contributed by atoms with Gasteiger partial charge in [-0.1, -0.05) is 30.3 Å². The van der Waals surface area contributed by atoms with Gasteiger partial charge in [-0.3, -0.25) is 4.79 Å². The molecule has 1 heterocycles. The summed E-state index contributed by atoms with van der Waals surface area (Å²) in [5.41, 5.74) is -2.45. The van der Waals surface area contributed by atoms with Crippen LogP contribution in [0.15, 0.2) is 45.6 Å². The summed E-state index contributed by atoms with van der Waals surface area (Å²) >= 11 is 0. The Morgan fingerprint density at radius 2 is 1.80 bits per heavy atom. The first-order valence-corrected chi connectivity index (χ1v) is 7.05. The molecule has 3 rings (SSSR count). The maximum Gasteiger partial charge on any atom is 0.353 e. The average Bonchev–Trinajstić information content (AvgIpc) is 2.60. The zero-order chi connectivity index (χ0) is 18.1. The van der Waals surface area contributed by atoms with Crippen LogP contribution in [-0.4, -0.2) is 11.0 Å². The highest BCUT2D eigenvalue weighted by atomic mass is 19.2. The van der Waals surface area contributed by atoms with Crippen LogP contribution in [0.1, 0.15) is 15.9 Å². The van der Waals surface area contributed by atoms with Gasteiger partial charge in [0.05, 0.1) is 5.39 Å². The number of aromatic hydroxyl groups is 1. The summed E-state index contributed by atoms with van der Waals surface area (Å²) in [6.07, 6.45) is 0. The monoisotopic (exact) mass is 349 g/mol. The molecule has 1 aromatic heterocycles. The Kier molecular flexibility index (Phi) is 4.18. The number of fused-ring (bicyclic) bond motifs is 1. The lowest BCUT2D eigenvalue weighted by Gasteiger charge is -2.08. The normalized spacial score (nSPS) is 10.8. The molecule has 1 amide bonds. The number of benzene rings is 2. The topological polar surface area (TPSA) is 79.5 Å². The first-order valence-electron chi connectivity index (χ1n) is 7.05. The molecule has 128 valence electrons. The van der Waals surface area contributed by atoms with Gasteiger partial charge in [0.1, 0.15) is 5.75 Å². The van der Waals surface area contributed by atoms with Gasteiger partial charge in [0.15, 0.2) is 22.8 Å². The molecule has 25 heavy (non-hydrogen) atoms. The van der Waals surface area contributed by atoms with Crippen molar-refractivity contribution in [3.05, 3.63) is 75.4 Å². The average molecular weight is 349 g/mol. The molecule has 0 aliphatic carbocycles. The minimum Gasteiger partial charge on any atom is -0.506 e. The Morgan fingerprint density at radius 3 is 2.48 bits per heavy atom. The van der Waals surface area contributed by atoms with Crippen LogP contribution in [0.4, 0.5) is 13.2 Å². The van der Waals surface area contributed by atoms with E-state index in [2.05, 4.69) is 9.73 Å². The van der Waals surface area contributed by atoms with Gasteiger partial charge in [-0.25, -0.2) is 13.6 Å². The van der Waals surface area contributed by atoms with Crippen molar-refractivity contribution in [2.75, 3.05) is 0 Å². The summed E-state index contributed by atoms with van der Waals surface area (Å²) in [7, 11) is 0. The molecule has 0 aliphatic heterocycles. The Balaban J connectivity index is 2.03. The van der Waals surface area contributed by atoms with Crippen molar-refractivity contribution in [3.8, 4) is 5.75 Å². The van der Waals surface area contributed by atoms with Crippen molar-refractivity contribution in [3.63, 3.8) is 0 Å². The second-order valence-electron chi connectivity index (χ2n) is 5.14. The van der Waals surface area contributed by atoms with Gasteiger partial charge in [-0.15, -0.1) is 0 Å². The van der Waals surface area contributed by atoms with E-state index < -0.39 is 51.3 Å². The predicted molar refractivity (Wildman–Crippen MR) is 81.6 cm³/mol. The van der Waals surface area contributed by atoms with Gasteiger partial charge in [0.25, 0.3) is 5.91 Å². The molecular formula is C17H10F3NO4. The number of carbonyl (C=O) groups excluding carboxylic acids is 1. The van der Waals surface area contributed by atoms with Gasteiger partial charge < -0.3 is 14.8 Å². The van der Waals surface area contributed by atoms with Gasteiger partial charge in [0.2, 0.25) is 5.82 Å². The minimum absolute atomic E-state index is 0.0444. The maximum atomic E-state index is 13.7. The minimum atomic E-state index is -1.85. The van der Waals surface area contributed by atoms with E-state index in [1.54, 1.807) is 30.3 Å². The molecular weight excluding hydrogens is 339 g/mol. The van der Waals surface area contributed by atoms with E-state index in [0.717, 1.165) is 5.56 Å². The highest BCUT2D eigenvalue weighted by molar-refractivity contribution is 6.01. The van der Waals surface area contributed by atoms with Crippen molar-refractivity contribution in [2.45, 2.75) is 6.54 Å². The van der Waals surface area contributed by atoms with E-state index >= 15 is 0 Å². The van der Waals surface area contributed by atoms with E-state index in [1.807, 2.05) is 0 Å². The molecule has 3 aromatic rings. The predicted octanol–water partition coefficient (Wildman–Crippen LogP) is 2.85. The lowest BCUT2D eigenvalue weighted by atomic mass is 10.1. The van der Waals surface area contributed by atoms with Crippen molar-refractivity contribution < 1.29 is 27.5 Å². The highest BCUT2D eigenvalue weighted by Gasteiger charge is 2.25. The summed E-state index contributed by atoms with van der Waals surface area (Å²) in [6.45, 7) is 0.0444. The van der Waals surface area contributed by atoms with Crippen LogP contribution in [0.3, 0.4) is 0 Å². The molecule has 0 spiro atoms. The van der Waals surface area contributed by atoms with Gasteiger partial charge >= 0.3 is 5.63 Å². The molecule has 0 bridgehead atoms. The number of hydrogen-bond donors (Lipinski definition) is 2. The lowest BCUT2D eigenvalue weighted by molar-refractivity contribution is 0.0944. The third kappa shape index (κ3) is 2.93. The van der Waals surface area contributed by atoms with Crippen LogP contribution in [0, 0.1) is 17.5 Å². The largest absolute Gasteiger partial charge is 0.506 e. The maximum absolute atomic E-state index is 13.7. The van der Waals surface area contributed by atoms with E-state index in [0.29, 0.717) is 6.07 Å². The quantitative estimate of drug-likeness (QED) is 0.563. The molecule has 0 saturated heterocycles. The van der Waals surface area contributed by atoms with E-state index in [-0.39, 0.29) is 6.54 Å². The summed E-state index contributed by atoms with van der Waals surface area (Å²) < 4.78 is 44.8. The molecule has 2 N–H and O–H groups in total. The number of halogens is 3. The van der Waals surface area contributed by atoms with Crippen LogP contribution >= 0.6 is 0 Å². The third-order valence-corrected chi connectivity index (χ3v) is 3.53. The Bertz CT molecular complexity index is 1030. The lowest BCUT2D eigenvalue weighted by Crippen LogP contribution is -2.28. The van der Waals surface area contributed by atoms with Crippen molar-refractivity contribution in [1.82, 2.24) is 5.32 Å². The summed E-state index contributed by atoms with van der Waals surface area (Å²) in [5.74, 6) is -7.20. The van der Waals surface area contributed by atoms with E-state index in [4.69, 9.17) is 0 Å². The molecule has 8 heteroatoms. The van der Waals surface area contributed by atoms with E-state index in [9.17, 15) is 27.9 Å². The van der Waals surface area contributed by atoms with Crippen LogP contribution < -0.4 is 10.9 Å². The first kappa shape index (κ1) is 16.6. The van der Waals surface area contributed by atoms with Crippen molar-refractivity contribution >= 4 is 16.9 Å². The first-order chi connectivity index (χ1) is 11.9. The SMILES string of the molecule is O=C(NCc1ccccc1)c1c(O)c2cc(F)c(F)c(F)c2oc1=O. The summed E-state index contributed by atoms with van der Waals surface area (Å²) in [4.78, 5) is 24.0. The van der Waals surface area contributed by atoms with Crippen LogP contribution in [0.25, 0.3) is 11.0 Å². The fraction of sp³-hybridized carbons (Fsp3) is 0.0588. The van der Waals surface area contributed by atoms with Crippen molar-refractivity contribution in [1.29, 1.82) is 0 Å². The van der Waals surface area contributed by atoms with Crippen LogP contribution in [0.2, 0.25) is 0 Å². The smallest absolute Gasteiger partial charge is 0.353 e.